The minimum absolute atomic E-state index is 0.0331. The van der Waals surface area contributed by atoms with Crippen LogP contribution in [0.4, 0.5) is 8.78 Å². The summed E-state index contributed by atoms with van der Waals surface area (Å²) < 4.78 is 29.1. The lowest BCUT2D eigenvalue weighted by molar-refractivity contribution is 0.539. The van der Waals surface area contributed by atoms with E-state index in [1.807, 2.05) is 18.2 Å². The number of rotatable bonds is 3. The molecule has 2 aromatic rings. The Morgan fingerprint density at radius 1 is 1.16 bits per heavy atom. The van der Waals surface area contributed by atoms with Crippen LogP contribution < -0.4 is 5.73 Å². The van der Waals surface area contributed by atoms with Crippen molar-refractivity contribution in [1.82, 2.24) is 0 Å². The van der Waals surface area contributed by atoms with Crippen molar-refractivity contribution >= 4 is 38.5 Å². The maximum atomic E-state index is 13.6. The van der Waals surface area contributed by atoms with Gasteiger partial charge in [0.2, 0.25) is 0 Å². The minimum Gasteiger partial charge on any atom is -0.324 e. The lowest BCUT2D eigenvalue weighted by Crippen LogP contribution is -2.16. The molecule has 100 valence electrons. The molecular formula is C14H11BrF2IN. The number of nitrogens with two attached hydrogens (primary N) is 1. The molecule has 1 nitrogen and oxygen atoms in total. The van der Waals surface area contributed by atoms with Crippen molar-refractivity contribution in [3.63, 3.8) is 0 Å². The first-order chi connectivity index (χ1) is 8.99. The SMILES string of the molecule is NC(Cc1c(F)cccc1F)c1cc(Br)ccc1I. The van der Waals surface area contributed by atoms with Crippen LogP contribution in [0.1, 0.15) is 17.2 Å². The zero-order valence-electron chi connectivity index (χ0n) is 9.84. The fourth-order valence-electron chi connectivity index (χ4n) is 1.86. The molecule has 0 saturated carbocycles. The number of hydrogen-bond donors (Lipinski definition) is 1. The van der Waals surface area contributed by atoms with Crippen molar-refractivity contribution < 1.29 is 8.78 Å². The van der Waals surface area contributed by atoms with Gasteiger partial charge in [-0.05, 0) is 64.9 Å². The highest BCUT2D eigenvalue weighted by Gasteiger charge is 2.16. The molecule has 0 radical (unpaired) electrons. The Morgan fingerprint density at radius 3 is 2.42 bits per heavy atom. The van der Waals surface area contributed by atoms with Gasteiger partial charge in [-0.1, -0.05) is 22.0 Å². The molecule has 2 rings (SSSR count). The number of benzene rings is 2. The van der Waals surface area contributed by atoms with Crippen LogP contribution in [0.25, 0.3) is 0 Å². The standard InChI is InChI=1S/C14H11BrF2IN/c15-8-4-5-13(18)10(6-8)14(19)7-9-11(16)2-1-3-12(9)17/h1-6,14H,7,19H2. The molecule has 0 fully saturated rings. The van der Waals surface area contributed by atoms with Crippen molar-refractivity contribution in [2.75, 3.05) is 0 Å². The maximum absolute atomic E-state index is 13.6. The van der Waals surface area contributed by atoms with E-state index in [1.54, 1.807) is 0 Å². The highest BCUT2D eigenvalue weighted by Crippen LogP contribution is 2.26. The molecule has 0 bridgehead atoms. The van der Waals surface area contributed by atoms with Gasteiger partial charge in [-0.3, -0.25) is 0 Å². The Hall–Kier alpha value is -0.530. The summed E-state index contributed by atoms with van der Waals surface area (Å²) in [5, 5.41) is 0. The van der Waals surface area contributed by atoms with Crippen molar-refractivity contribution in [1.29, 1.82) is 0 Å². The second-order valence-electron chi connectivity index (χ2n) is 4.18. The summed E-state index contributed by atoms with van der Waals surface area (Å²) in [6.07, 6.45) is 0.130. The zero-order valence-corrected chi connectivity index (χ0v) is 13.6. The second-order valence-corrected chi connectivity index (χ2v) is 6.25. The molecule has 2 aromatic carbocycles. The molecule has 0 spiro atoms. The van der Waals surface area contributed by atoms with Crippen LogP contribution in [0.5, 0.6) is 0 Å². The number of halogens is 4. The number of hydrogen-bond acceptors (Lipinski definition) is 1. The van der Waals surface area contributed by atoms with Gasteiger partial charge >= 0.3 is 0 Å². The molecule has 5 heteroatoms. The van der Waals surface area contributed by atoms with Gasteiger partial charge in [0.1, 0.15) is 11.6 Å². The van der Waals surface area contributed by atoms with Gasteiger partial charge in [0, 0.05) is 19.6 Å². The lowest BCUT2D eigenvalue weighted by atomic mass is 9.99. The predicted molar refractivity (Wildman–Crippen MR) is 83.8 cm³/mol. The molecule has 0 heterocycles. The van der Waals surface area contributed by atoms with Gasteiger partial charge in [0.15, 0.2) is 0 Å². The molecule has 0 amide bonds. The third-order valence-corrected chi connectivity index (χ3v) is 4.32. The molecule has 0 aromatic heterocycles. The lowest BCUT2D eigenvalue weighted by Gasteiger charge is -2.15. The molecule has 2 N–H and O–H groups in total. The second kappa shape index (κ2) is 6.28. The van der Waals surface area contributed by atoms with Crippen LogP contribution >= 0.6 is 38.5 Å². The molecule has 19 heavy (non-hydrogen) atoms. The highest BCUT2D eigenvalue weighted by molar-refractivity contribution is 14.1. The summed E-state index contributed by atoms with van der Waals surface area (Å²) in [5.41, 5.74) is 6.98. The van der Waals surface area contributed by atoms with E-state index in [-0.39, 0.29) is 12.0 Å². The monoisotopic (exact) mass is 437 g/mol. The van der Waals surface area contributed by atoms with Crippen molar-refractivity contribution in [3.05, 3.63) is 67.2 Å². The van der Waals surface area contributed by atoms with Crippen molar-refractivity contribution in [2.45, 2.75) is 12.5 Å². The topological polar surface area (TPSA) is 26.0 Å². The van der Waals surface area contributed by atoms with E-state index >= 15 is 0 Å². The molecule has 0 saturated heterocycles. The van der Waals surface area contributed by atoms with Crippen LogP contribution in [0.3, 0.4) is 0 Å². The molecule has 0 aliphatic carbocycles. The smallest absolute Gasteiger partial charge is 0.129 e. The molecule has 0 aliphatic rings. The van der Waals surface area contributed by atoms with E-state index in [1.165, 1.54) is 18.2 Å². The van der Waals surface area contributed by atoms with E-state index in [9.17, 15) is 8.78 Å². The summed E-state index contributed by atoms with van der Waals surface area (Å²) in [6, 6.07) is 9.09. The van der Waals surface area contributed by atoms with Crippen molar-refractivity contribution in [3.8, 4) is 0 Å². The average Bonchev–Trinajstić information content (AvgIpc) is 2.37. The van der Waals surface area contributed by atoms with E-state index in [0.717, 1.165) is 13.6 Å². The van der Waals surface area contributed by atoms with Gasteiger partial charge < -0.3 is 5.73 Å². The first kappa shape index (κ1) is 14.9. The Morgan fingerprint density at radius 2 is 1.79 bits per heavy atom. The van der Waals surface area contributed by atoms with Gasteiger partial charge in [0.25, 0.3) is 0 Å². The molecular weight excluding hydrogens is 427 g/mol. The predicted octanol–water partition coefficient (Wildman–Crippen LogP) is 4.57. The first-order valence-corrected chi connectivity index (χ1v) is 7.49. The molecule has 1 atom stereocenters. The average molecular weight is 438 g/mol. The van der Waals surface area contributed by atoms with Crippen molar-refractivity contribution in [2.24, 2.45) is 5.73 Å². The third-order valence-electron chi connectivity index (χ3n) is 2.84. The Kier molecular flexibility index (Phi) is 4.92. The minimum atomic E-state index is -0.555. The fraction of sp³-hybridized carbons (Fsp3) is 0.143. The van der Waals surface area contributed by atoms with Crippen LogP contribution in [-0.4, -0.2) is 0 Å². The van der Waals surface area contributed by atoms with Gasteiger partial charge in [0.05, 0.1) is 0 Å². The first-order valence-electron chi connectivity index (χ1n) is 5.62. The summed E-state index contributed by atoms with van der Waals surface area (Å²) in [5.74, 6) is -1.11. The Bertz CT molecular complexity index is 584. The zero-order chi connectivity index (χ0) is 14.0. The van der Waals surface area contributed by atoms with E-state index < -0.39 is 17.7 Å². The summed E-state index contributed by atoms with van der Waals surface area (Å²) in [4.78, 5) is 0. The maximum Gasteiger partial charge on any atom is 0.129 e. The van der Waals surface area contributed by atoms with E-state index in [0.29, 0.717) is 0 Å². The van der Waals surface area contributed by atoms with Gasteiger partial charge in [-0.25, -0.2) is 8.78 Å². The Labute approximate surface area is 132 Å². The summed E-state index contributed by atoms with van der Waals surface area (Å²) in [6.45, 7) is 0. The Balaban J connectivity index is 2.31. The fourth-order valence-corrected chi connectivity index (χ4v) is 2.97. The third kappa shape index (κ3) is 3.52. The molecule has 1 unspecified atom stereocenters. The van der Waals surface area contributed by atoms with Crippen LogP contribution in [-0.2, 0) is 6.42 Å². The normalized spacial score (nSPS) is 12.5. The van der Waals surface area contributed by atoms with Gasteiger partial charge in [-0.2, -0.15) is 0 Å². The summed E-state index contributed by atoms with van der Waals surface area (Å²) >= 11 is 5.54. The van der Waals surface area contributed by atoms with Crippen LogP contribution in [0, 0.1) is 15.2 Å². The van der Waals surface area contributed by atoms with Gasteiger partial charge in [-0.15, -0.1) is 0 Å². The van der Waals surface area contributed by atoms with E-state index in [2.05, 4.69) is 38.5 Å². The quantitative estimate of drug-likeness (QED) is 0.699. The van der Waals surface area contributed by atoms with E-state index in [4.69, 9.17) is 5.73 Å². The molecule has 0 aliphatic heterocycles. The van der Waals surface area contributed by atoms with Crippen LogP contribution in [0.15, 0.2) is 40.9 Å². The van der Waals surface area contributed by atoms with Crippen LogP contribution in [0.2, 0.25) is 0 Å². The highest BCUT2D eigenvalue weighted by atomic mass is 127. The summed E-state index contributed by atoms with van der Waals surface area (Å²) in [7, 11) is 0. The largest absolute Gasteiger partial charge is 0.324 e.